The van der Waals surface area contributed by atoms with Crippen LogP contribution in [0.5, 0.6) is 0 Å². The Labute approximate surface area is 141 Å². The van der Waals surface area contributed by atoms with Crippen LogP contribution in [-0.2, 0) is 0 Å². The van der Waals surface area contributed by atoms with Gasteiger partial charge in [0.25, 0.3) is 5.91 Å². The number of fused-ring (bicyclic) bond motifs is 1. The fraction of sp³-hybridized carbons (Fsp3) is 0.125. The smallest absolute Gasteiger partial charge is 0.329 e. The first-order valence-electron chi connectivity index (χ1n) is 7.31. The predicted octanol–water partition coefficient (Wildman–Crippen LogP) is 2.24. The molecular formula is C16H13N5O2S. The zero-order valence-corrected chi connectivity index (χ0v) is 13.4. The van der Waals surface area contributed by atoms with Crippen LogP contribution < -0.4 is 15.5 Å². The average Bonchev–Trinajstić information content (AvgIpc) is 3.20. The van der Waals surface area contributed by atoms with E-state index in [1.54, 1.807) is 10.4 Å². The molecule has 120 valence electrons. The average molecular weight is 339 g/mol. The molecule has 3 heterocycles. The summed E-state index contributed by atoms with van der Waals surface area (Å²) in [5, 5.41) is 0. The zero-order chi connectivity index (χ0) is 16.7. The molecule has 2 N–H and O–H groups in total. The van der Waals surface area contributed by atoms with Crippen molar-refractivity contribution in [3.8, 4) is 0 Å². The van der Waals surface area contributed by atoms with Crippen LogP contribution in [0.2, 0.25) is 0 Å². The number of rotatable bonds is 3. The van der Waals surface area contributed by atoms with Crippen molar-refractivity contribution in [3.63, 3.8) is 0 Å². The van der Waals surface area contributed by atoms with Gasteiger partial charge in [0.15, 0.2) is 0 Å². The fourth-order valence-corrected chi connectivity index (χ4v) is 3.53. The van der Waals surface area contributed by atoms with E-state index in [-0.39, 0.29) is 11.6 Å². The molecule has 1 aliphatic heterocycles. The molecule has 2 aromatic heterocycles. The maximum absolute atomic E-state index is 12.8. The highest BCUT2D eigenvalue weighted by atomic mass is 32.1. The van der Waals surface area contributed by atoms with E-state index in [1.165, 1.54) is 34.7 Å². The molecule has 0 bridgehead atoms. The van der Waals surface area contributed by atoms with Crippen molar-refractivity contribution in [2.75, 3.05) is 22.9 Å². The summed E-state index contributed by atoms with van der Waals surface area (Å²) in [6.07, 6.45) is 2.98. The standard InChI is InChI=1S/C16H13N5O2S/c17-15(22)11-3-4-18-8-13(11)21-6-5-20(16(21)23)10-1-2-12-14(7-10)24-9-19-12/h1-4,7-9H,5-6H2,(H2,17,22). The first-order valence-corrected chi connectivity index (χ1v) is 8.19. The Hall–Kier alpha value is -3.00. The summed E-state index contributed by atoms with van der Waals surface area (Å²) in [7, 11) is 0. The van der Waals surface area contributed by atoms with Gasteiger partial charge in [0.2, 0.25) is 0 Å². The maximum atomic E-state index is 12.8. The fourth-order valence-electron chi connectivity index (χ4n) is 2.82. The number of nitrogens with two attached hydrogens (primary N) is 1. The van der Waals surface area contributed by atoms with Crippen molar-refractivity contribution in [1.29, 1.82) is 0 Å². The van der Waals surface area contributed by atoms with Crippen molar-refractivity contribution in [1.82, 2.24) is 9.97 Å². The SMILES string of the molecule is NC(=O)c1ccncc1N1CCN(c2ccc3ncsc3c2)C1=O. The Balaban J connectivity index is 1.68. The Bertz CT molecular complexity index is 954. The van der Waals surface area contributed by atoms with Gasteiger partial charge in [-0.3, -0.25) is 19.6 Å². The lowest BCUT2D eigenvalue weighted by molar-refractivity contribution is 0.100. The Kier molecular flexibility index (Phi) is 3.39. The second kappa shape index (κ2) is 5.57. The number of aromatic nitrogens is 2. The van der Waals surface area contributed by atoms with E-state index in [2.05, 4.69) is 9.97 Å². The number of anilines is 2. The van der Waals surface area contributed by atoms with Crippen molar-refractivity contribution >= 4 is 44.9 Å². The van der Waals surface area contributed by atoms with E-state index in [9.17, 15) is 9.59 Å². The monoisotopic (exact) mass is 339 g/mol. The van der Waals surface area contributed by atoms with Gasteiger partial charge in [0.05, 0.1) is 33.2 Å². The molecule has 1 aliphatic rings. The van der Waals surface area contributed by atoms with Crippen LogP contribution in [-0.4, -0.2) is 35.0 Å². The van der Waals surface area contributed by atoms with E-state index in [4.69, 9.17) is 5.73 Å². The van der Waals surface area contributed by atoms with E-state index in [0.717, 1.165) is 15.9 Å². The molecule has 0 saturated carbocycles. The van der Waals surface area contributed by atoms with Gasteiger partial charge < -0.3 is 5.73 Å². The van der Waals surface area contributed by atoms with E-state index < -0.39 is 5.91 Å². The molecule has 3 aromatic rings. The third-order valence-corrected chi connectivity index (χ3v) is 4.78. The quantitative estimate of drug-likeness (QED) is 0.792. The molecule has 24 heavy (non-hydrogen) atoms. The van der Waals surface area contributed by atoms with Crippen molar-refractivity contribution < 1.29 is 9.59 Å². The number of carbonyl (C=O) groups excluding carboxylic acids is 2. The lowest BCUT2D eigenvalue weighted by atomic mass is 10.2. The lowest BCUT2D eigenvalue weighted by Crippen LogP contribution is -2.33. The number of hydrogen-bond donors (Lipinski definition) is 1. The van der Waals surface area contributed by atoms with Crippen LogP contribution >= 0.6 is 11.3 Å². The number of hydrogen-bond acceptors (Lipinski definition) is 5. The molecule has 0 spiro atoms. The highest BCUT2D eigenvalue weighted by molar-refractivity contribution is 7.16. The van der Waals surface area contributed by atoms with Crippen molar-refractivity contribution in [2.24, 2.45) is 5.73 Å². The number of nitrogens with zero attached hydrogens (tertiary/aromatic N) is 4. The molecule has 0 aliphatic carbocycles. The van der Waals surface area contributed by atoms with Gasteiger partial charge in [-0.05, 0) is 24.3 Å². The molecule has 4 rings (SSSR count). The van der Waals surface area contributed by atoms with Gasteiger partial charge in [-0.25, -0.2) is 9.78 Å². The number of urea groups is 1. The van der Waals surface area contributed by atoms with Gasteiger partial charge in [0, 0.05) is 25.0 Å². The minimum Gasteiger partial charge on any atom is -0.366 e. The molecular weight excluding hydrogens is 326 g/mol. The summed E-state index contributed by atoms with van der Waals surface area (Å²) in [5.41, 5.74) is 9.63. The normalized spacial score (nSPS) is 14.6. The van der Waals surface area contributed by atoms with E-state index in [1.807, 2.05) is 18.2 Å². The van der Waals surface area contributed by atoms with Gasteiger partial charge >= 0.3 is 6.03 Å². The van der Waals surface area contributed by atoms with Crippen molar-refractivity contribution in [2.45, 2.75) is 0 Å². The van der Waals surface area contributed by atoms with Gasteiger partial charge in [-0.1, -0.05) is 0 Å². The number of carbonyl (C=O) groups is 2. The molecule has 1 saturated heterocycles. The second-order valence-corrected chi connectivity index (χ2v) is 6.23. The van der Waals surface area contributed by atoms with Crippen LogP contribution in [0.25, 0.3) is 10.2 Å². The van der Waals surface area contributed by atoms with Crippen LogP contribution in [0.1, 0.15) is 10.4 Å². The van der Waals surface area contributed by atoms with Crippen LogP contribution in [0.4, 0.5) is 16.2 Å². The summed E-state index contributed by atoms with van der Waals surface area (Å²) >= 11 is 1.53. The first kappa shape index (κ1) is 14.6. The number of pyridine rings is 1. The largest absolute Gasteiger partial charge is 0.366 e. The van der Waals surface area contributed by atoms with Crippen LogP contribution in [0.15, 0.2) is 42.2 Å². The minimum absolute atomic E-state index is 0.200. The third-order valence-electron chi connectivity index (χ3n) is 3.99. The molecule has 0 unspecified atom stereocenters. The van der Waals surface area contributed by atoms with Gasteiger partial charge in [0.1, 0.15) is 0 Å². The second-order valence-electron chi connectivity index (χ2n) is 5.35. The molecule has 1 fully saturated rings. The van der Waals surface area contributed by atoms with E-state index >= 15 is 0 Å². The first-order chi connectivity index (χ1) is 11.6. The van der Waals surface area contributed by atoms with Gasteiger partial charge in [-0.15, -0.1) is 11.3 Å². The number of primary amides is 1. The highest BCUT2D eigenvalue weighted by Crippen LogP contribution is 2.29. The summed E-state index contributed by atoms with van der Waals surface area (Å²) in [4.78, 5) is 35.9. The zero-order valence-electron chi connectivity index (χ0n) is 12.5. The van der Waals surface area contributed by atoms with Gasteiger partial charge in [-0.2, -0.15) is 0 Å². The topological polar surface area (TPSA) is 92.4 Å². The summed E-state index contributed by atoms with van der Waals surface area (Å²) in [6.45, 7) is 0.988. The lowest BCUT2D eigenvalue weighted by Gasteiger charge is -2.20. The number of thiazole rings is 1. The summed E-state index contributed by atoms with van der Waals surface area (Å²) in [6, 6.07) is 7.05. The summed E-state index contributed by atoms with van der Waals surface area (Å²) < 4.78 is 1.03. The molecule has 0 radical (unpaired) electrons. The Morgan fingerprint density at radius 3 is 2.88 bits per heavy atom. The highest BCUT2D eigenvalue weighted by Gasteiger charge is 2.32. The molecule has 8 heteroatoms. The maximum Gasteiger partial charge on any atom is 0.329 e. The Morgan fingerprint density at radius 1 is 1.21 bits per heavy atom. The predicted molar refractivity (Wildman–Crippen MR) is 92.5 cm³/mol. The van der Waals surface area contributed by atoms with Crippen LogP contribution in [0, 0.1) is 0 Å². The Morgan fingerprint density at radius 2 is 2.04 bits per heavy atom. The van der Waals surface area contributed by atoms with Crippen LogP contribution in [0.3, 0.4) is 0 Å². The molecule has 3 amide bonds. The van der Waals surface area contributed by atoms with Crippen molar-refractivity contribution in [3.05, 3.63) is 47.7 Å². The molecule has 7 nitrogen and oxygen atoms in total. The number of amides is 3. The summed E-state index contributed by atoms with van der Waals surface area (Å²) in [5.74, 6) is -0.579. The molecule has 1 aromatic carbocycles. The van der Waals surface area contributed by atoms with E-state index in [0.29, 0.717) is 18.8 Å². The minimum atomic E-state index is -0.579. The molecule has 0 atom stereocenters. The number of benzene rings is 1. The third kappa shape index (κ3) is 2.28.